The fourth-order valence-corrected chi connectivity index (χ4v) is 5.66. The van der Waals surface area contributed by atoms with Crippen molar-refractivity contribution in [2.75, 3.05) is 19.7 Å². The quantitative estimate of drug-likeness (QED) is 0.673. The first kappa shape index (κ1) is 22.6. The molecule has 1 aromatic carbocycles. The van der Waals surface area contributed by atoms with Crippen LogP contribution in [0.25, 0.3) is 0 Å². The van der Waals surface area contributed by atoms with E-state index < -0.39 is 33.9 Å². The molecule has 10 heteroatoms. The predicted octanol–water partition coefficient (Wildman–Crippen LogP) is 1.44. The van der Waals surface area contributed by atoms with Gasteiger partial charge in [-0.3, -0.25) is 9.59 Å². The highest BCUT2D eigenvalue weighted by Crippen LogP contribution is 2.25. The highest BCUT2D eigenvalue weighted by molar-refractivity contribution is 7.89. The first-order valence-electron chi connectivity index (χ1n) is 10.3. The number of hydrogen-bond donors (Lipinski definition) is 2. The fourth-order valence-electron chi connectivity index (χ4n) is 3.89. The highest BCUT2D eigenvalue weighted by atomic mass is 32.2. The number of rotatable bonds is 5. The summed E-state index contributed by atoms with van der Waals surface area (Å²) in [6.07, 6.45) is 4.44. The Morgan fingerprint density at radius 3 is 2.60 bits per heavy atom. The summed E-state index contributed by atoms with van der Waals surface area (Å²) >= 11 is 0. The van der Waals surface area contributed by atoms with Gasteiger partial charge in [-0.2, -0.15) is 4.31 Å². The SMILES string of the molecule is Cc1cc(F)ccc1S(=O)(=O)N1CCCO[C@H]1CNC(=O)C(=O)NC1CCCCC1. The Labute approximate surface area is 176 Å². The number of nitrogens with one attached hydrogen (secondary N) is 2. The van der Waals surface area contributed by atoms with Crippen molar-refractivity contribution in [2.24, 2.45) is 0 Å². The molecule has 3 rings (SSSR count). The third-order valence-corrected chi connectivity index (χ3v) is 7.51. The minimum Gasteiger partial charge on any atom is -0.360 e. The van der Waals surface area contributed by atoms with E-state index in [1.807, 2.05) is 0 Å². The molecule has 1 aliphatic carbocycles. The van der Waals surface area contributed by atoms with Crippen LogP contribution in [0.2, 0.25) is 0 Å². The molecule has 2 fully saturated rings. The molecule has 1 saturated carbocycles. The Hall–Kier alpha value is -2.04. The lowest BCUT2D eigenvalue weighted by molar-refractivity contribution is -0.140. The van der Waals surface area contributed by atoms with Crippen LogP contribution in [0.5, 0.6) is 0 Å². The van der Waals surface area contributed by atoms with Crippen molar-refractivity contribution in [3.63, 3.8) is 0 Å². The van der Waals surface area contributed by atoms with Crippen molar-refractivity contribution in [1.82, 2.24) is 14.9 Å². The minimum atomic E-state index is -3.96. The highest BCUT2D eigenvalue weighted by Gasteiger charge is 2.36. The van der Waals surface area contributed by atoms with Gasteiger partial charge in [-0.05, 0) is 49.9 Å². The van der Waals surface area contributed by atoms with E-state index >= 15 is 0 Å². The first-order chi connectivity index (χ1) is 14.3. The smallest absolute Gasteiger partial charge is 0.309 e. The van der Waals surface area contributed by atoms with Gasteiger partial charge in [0.15, 0.2) is 0 Å². The van der Waals surface area contributed by atoms with E-state index in [9.17, 15) is 22.4 Å². The van der Waals surface area contributed by atoms with Crippen molar-refractivity contribution >= 4 is 21.8 Å². The van der Waals surface area contributed by atoms with E-state index in [0.717, 1.165) is 48.5 Å². The van der Waals surface area contributed by atoms with Gasteiger partial charge in [-0.15, -0.1) is 0 Å². The van der Waals surface area contributed by atoms with E-state index in [0.29, 0.717) is 13.0 Å². The average Bonchev–Trinajstić information content (AvgIpc) is 2.72. The van der Waals surface area contributed by atoms with Gasteiger partial charge in [0.2, 0.25) is 10.0 Å². The molecule has 1 aliphatic heterocycles. The van der Waals surface area contributed by atoms with Gasteiger partial charge in [0, 0.05) is 12.6 Å². The molecule has 1 atom stereocenters. The molecule has 1 aromatic rings. The number of aryl methyl sites for hydroxylation is 1. The second-order valence-corrected chi connectivity index (χ2v) is 9.58. The standard InChI is InChI=1S/C20H28FN3O5S/c1-14-12-15(21)8-9-17(14)30(27,28)24-10-5-11-29-18(24)13-22-19(25)20(26)23-16-6-3-2-4-7-16/h8-9,12,16,18H,2-7,10-11,13H2,1H3,(H,22,25)(H,23,26)/t18-/m0/s1. The molecule has 0 unspecified atom stereocenters. The minimum absolute atomic E-state index is 0.00116. The van der Waals surface area contributed by atoms with E-state index in [-0.39, 0.29) is 29.6 Å². The molecule has 2 amide bonds. The number of nitrogens with zero attached hydrogens (tertiary/aromatic N) is 1. The monoisotopic (exact) mass is 441 g/mol. The van der Waals surface area contributed by atoms with Crippen LogP contribution in [-0.2, 0) is 24.3 Å². The zero-order valence-corrected chi connectivity index (χ0v) is 17.8. The zero-order valence-electron chi connectivity index (χ0n) is 17.0. The van der Waals surface area contributed by atoms with Crippen molar-refractivity contribution in [1.29, 1.82) is 0 Å². The average molecular weight is 442 g/mol. The van der Waals surface area contributed by atoms with Crippen LogP contribution in [0.1, 0.15) is 44.1 Å². The van der Waals surface area contributed by atoms with Crippen molar-refractivity contribution in [2.45, 2.75) is 62.6 Å². The third-order valence-electron chi connectivity index (χ3n) is 5.46. The van der Waals surface area contributed by atoms with Crippen LogP contribution >= 0.6 is 0 Å². The van der Waals surface area contributed by atoms with Crippen molar-refractivity contribution < 1.29 is 27.1 Å². The summed E-state index contributed by atoms with van der Waals surface area (Å²) in [5.74, 6) is -2.05. The molecule has 1 heterocycles. The molecule has 166 valence electrons. The molecule has 8 nitrogen and oxygen atoms in total. The number of hydrogen-bond acceptors (Lipinski definition) is 5. The number of halogens is 1. The maximum absolute atomic E-state index is 13.4. The molecule has 2 aliphatic rings. The van der Waals surface area contributed by atoms with Crippen molar-refractivity contribution in [3.8, 4) is 0 Å². The molecular weight excluding hydrogens is 413 g/mol. The lowest BCUT2D eigenvalue weighted by atomic mass is 9.95. The number of carbonyl (C=O) groups is 2. The Bertz CT molecular complexity index is 886. The van der Waals surface area contributed by atoms with Crippen LogP contribution in [-0.4, -0.2) is 56.5 Å². The predicted molar refractivity (Wildman–Crippen MR) is 107 cm³/mol. The molecular formula is C20H28FN3O5S. The summed E-state index contributed by atoms with van der Waals surface area (Å²) in [6, 6.07) is 3.48. The third kappa shape index (κ3) is 5.35. The van der Waals surface area contributed by atoms with Crippen LogP contribution in [0, 0.1) is 12.7 Å². The maximum atomic E-state index is 13.4. The number of amides is 2. The number of sulfonamides is 1. The van der Waals surface area contributed by atoms with Crippen molar-refractivity contribution in [3.05, 3.63) is 29.6 Å². The van der Waals surface area contributed by atoms with E-state index in [1.54, 1.807) is 0 Å². The summed E-state index contributed by atoms with van der Waals surface area (Å²) in [5.41, 5.74) is 0.287. The van der Waals surface area contributed by atoms with Crippen LogP contribution in [0.4, 0.5) is 4.39 Å². The van der Waals surface area contributed by atoms with Gasteiger partial charge < -0.3 is 15.4 Å². The number of carbonyl (C=O) groups excluding carboxylic acids is 2. The van der Waals surface area contributed by atoms with E-state index in [4.69, 9.17) is 4.74 Å². The molecule has 30 heavy (non-hydrogen) atoms. The van der Waals surface area contributed by atoms with Gasteiger partial charge in [0.05, 0.1) is 18.0 Å². The largest absolute Gasteiger partial charge is 0.360 e. The molecule has 2 N–H and O–H groups in total. The van der Waals surface area contributed by atoms with E-state index in [2.05, 4.69) is 10.6 Å². The maximum Gasteiger partial charge on any atom is 0.309 e. The van der Waals surface area contributed by atoms with Gasteiger partial charge in [-0.1, -0.05) is 19.3 Å². The van der Waals surface area contributed by atoms with Crippen LogP contribution in [0.15, 0.2) is 23.1 Å². The number of ether oxygens (including phenoxy) is 1. The summed E-state index contributed by atoms with van der Waals surface area (Å²) in [5, 5.41) is 5.20. The Morgan fingerprint density at radius 2 is 1.90 bits per heavy atom. The van der Waals surface area contributed by atoms with Gasteiger partial charge in [0.1, 0.15) is 12.0 Å². The molecule has 0 aromatic heterocycles. The first-order valence-corrected chi connectivity index (χ1v) is 11.7. The molecule has 0 bridgehead atoms. The van der Waals surface area contributed by atoms with Crippen LogP contribution < -0.4 is 10.6 Å². The summed E-state index contributed by atoms with van der Waals surface area (Å²) in [4.78, 5) is 24.3. The lowest BCUT2D eigenvalue weighted by Crippen LogP contribution is -2.53. The van der Waals surface area contributed by atoms with Gasteiger partial charge >= 0.3 is 11.8 Å². The fraction of sp³-hybridized carbons (Fsp3) is 0.600. The van der Waals surface area contributed by atoms with Crippen LogP contribution in [0.3, 0.4) is 0 Å². The second kappa shape index (κ2) is 9.84. The van der Waals surface area contributed by atoms with E-state index in [1.165, 1.54) is 13.0 Å². The lowest BCUT2D eigenvalue weighted by Gasteiger charge is -2.34. The Morgan fingerprint density at radius 1 is 1.17 bits per heavy atom. The zero-order chi connectivity index (χ0) is 21.7. The van der Waals surface area contributed by atoms with Gasteiger partial charge in [-0.25, -0.2) is 12.8 Å². The molecule has 0 spiro atoms. The molecule has 1 saturated heterocycles. The normalized spacial score (nSPS) is 21.2. The summed E-state index contributed by atoms with van der Waals surface area (Å²) < 4.78 is 46.3. The topological polar surface area (TPSA) is 105 Å². The summed E-state index contributed by atoms with van der Waals surface area (Å²) in [7, 11) is -3.96. The molecule has 0 radical (unpaired) electrons. The van der Waals surface area contributed by atoms with Gasteiger partial charge in [0.25, 0.3) is 0 Å². The Balaban J connectivity index is 1.64. The second-order valence-electron chi connectivity index (χ2n) is 7.72. The summed E-state index contributed by atoms with van der Waals surface area (Å²) in [6.45, 7) is 1.90. The number of benzene rings is 1. The Kier molecular flexibility index (Phi) is 7.43.